The average Bonchev–Trinajstić information content (AvgIpc) is 2.28. The third-order valence-electron chi connectivity index (χ3n) is 1.72. The Balaban J connectivity index is 0.000000325. The zero-order chi connectivity index (χ0) is 12.2. The Morgan fingerprint density at radius 3 is 2.19 bits per heavy atom. The lowest BCUT2D eigenvalue weighted by atomic mass is 10.2. The van der Waals surface area contributed by atoms with Gasteiger partial charge in [0.1, 0.15) is 5.75 Å². The third kappa shape index (κ3) is 9.83. The first kappa shape index (κ1) is 15.3. The predicted octanol–water partition coefficient (Wildman–Crippen LogP) is 2.45. The Morgan fingerprint density at radius 2 is 1.81 bits per heavy atom. The summed E-state index contributed by atoms with van der Waals surface area (Å²) in [5.74, 6) is 1.27. The van der Waals surface area contributed by atoms with Gasteiger partial charge in [0.05, 0.1) is 0 Å². The molecule has 0 unspecified atom stereocenters. The number of benzene rings is 1. The molecule has 1 aromatic carbocycles. The molecule has 0 aliphatic carbocycles. The van der Waals surface area contributed by atoms with E-state index in [-0.39, 0.29) is 0 Å². The van der Waals surface area contributed by atoms with E-state index in [2.05, 4.69) is 11.6 Å². The molecule has 1 rings (SSSR count). The second kappa shape index (κ2) is 10.8. The fourth-order valence-electron chi connectivity index (χ4n) is 0.965. The highest BCUT2D eigenvalue weighted by molar-refractivity contribution is 6.33. The van der Waals surface area contributed by atoms with E-state index in [4.69, 9.17) is 21.6 Å². The molecule has 0 spiro atoms. The van der Waals surface area contributed by atoms with E-state index in [1.54, 1.807) is 24.3 Å². The zero-order valence-electron chi connectivity index (χ0n) is 9.47. The van der Waals surface area contributed by atoms with E-state index in [1.807, 2.05) is 6.07 Å². The van der Waals surface area contributed by atoms with Crippen LogP contribution in [0.25, 0.3) is 0 Å². The van der Waals surface area contributed by atoms with Crippen molar-refractivity contribution in [3.05, 3.63) is 30.3 Å². The van der Waals surface area contributed by atoms with E-state index >= 15 is 0 Å². The second-order valence-electron chi connectivity index (χ2n) is 3.15. The van der Waals surface area contributed by atoms with Gasteiger partial charge in [-0.2, -0.15) is 0 Å². The fraction of sp³-hybridized carbons (Fsp3) is 0.455. The molecule has 0 aromatic heterocycles. The van der Waals surface area contributed by atoms with Crippen LogP contribution >= 0.6 is 11.6 Å². The number of hydrogen-bond donors (Lipinski definition) is 2. The van der Waals surface area contributed by atoms with Crippen LogP contribution in [-0.2, 0) is 0 Å². The Morgan fingerprint density at radius 1 is 1.19 bits per heavy atom. The molecular formula is C11H18BClO3. The Labute approximate surface area is 102 Å². The van der Waals surface area contributed by atoms with Crippen LogP contribution < -0.4 is 4.65 Å². The molecule has 3 nitrogen and oxygen atoms in total. The summed E-state index contributed by atoms with van der Waals surface area (Å²) in [6.07, 6.45) is 3.73. The van der Waals surface area contributed by atoms with Gasteiger partial charge in [0.15, 0.2) is 0 Å². The summed E-state index contributed by atoms with van der Waals surface area (Å²) in [7, 11) is -1.73. The molecule has 2 N–H and O–H groups in total. The first-order valence-electron chi connectivity index (χ1n) is 5.34. The molecule has 0 aliphatic rings. The van der Waals surface area contributed by atoms with E-state index in [0.29, 0.717) is 5.75 Å². The molecule has 5 heteroatoms. The predicted molar refractivity (Wildman–Crippen MR) is 67.5 cm³/mol. The van der Waals surface area contributed by atoms with Crippen molar-refractivity contribution in [2.75, 3.05) is 5.88 Å². The summed E-state index contributed by atoms with van der Waals surface area (Å²) < 4.78 is 4.53. The quantitative estimate of drug-likeness (QED) is 0.475. The molecular weight excluding hydrogens is 226 g/mol. The maximum absolute atomic E-state index is 8.34. The van der Waals surface area contributed by atoms with Crippen molar-refractivity contribution in [2.45, 2.75) is 26.2 Å². The average molecular weight is 245 g/mol. The van der Waals surface area contributed by atoms with Gasteiger partial charge in [-0.1, -0.05) is 38.0 Å². The Hall–Kier alpha value is -0.705. The number of hydrogen-bond acceptors (Lipinski definition) is 3. The highest BCUT2D eigenvalue weighted by atomic mass is 35.5. The van der Waals surface area contributed by atoms with E-state index in [9.17, 15) is 0 Å². The second-order valence-corrected chi connectivity index (χ2v) is 3.53. The minimum Gasteiger partial charge on any atom is -0.512 e. The SMILES string of the molecule is CCCCCCl.OB(O)Oc1ccccc1. The van der Waals surface area contributed by atoms with Crippen LogP contribution in [0.2, 0.25) is 0 Å². The molecule has 0 heterocycles. The zero-order valence-corrected chi connectivity index (χ0v) is 10.2. The summed E-state index contributed by atoms with van der Waals surface area (Å²) in [5.41, 5.74) is 0. The maximum Gasteiger partial charge on any atom is 0.707 e. The van der Waals surface area contributed by atoms with Crippen molar-refractivity contribution in [3.63, 3.8) is 0 Å². The molecule has 0 bridgehead atoms. The van der Waals surface area contributed by atoms with Crippen molar-refractivity contribution in [2.24, 2.45) is 0 Å². The Bertz CT molecular complexity index is 240. The first-order valence-corrected chi connectivity index (χ1v) is 5.88. The van der Waals surface area contributed by atoms with Gasteiger partial charge in [-0.15, -0.1) is 11.6 Å². The lowest BCUT2D eigenvalue weighted by Gasteiger charge is -2.01. The summed E-state index contributed by atoms with van der Waals surface area (Å²) >= 11 is 5.38. The van der Waals surface area contributed by atoms with Crippen LogP contribution in [0.15, 0.2) is 30.3 Å². The molecule has 16 heavy (non-hydrogen) atoms. The first-order chi connectivity index (χ1) is 7.70. The van der Waals surface area contributed by atoms with Gasteiger partial charge in [-0.05, 0) is 18.6 Å². The highest BCUT2D eigenvalue weighted by Gasteiger charge is 2.09. The summed E-state index contributed by atoms with van der Waals surface area (Å²) in [4.78, 5) is 0. The van der Waals surface area contributed by atoms with Crippen molar-refractivity contribution in [1.29, 1.82) is 0 Å². The molecule has 0 fully saturated rings. The van der Waals surface area contributed by atoms with E-state index < -0.39 is 7.32 Å². The van der Waals surface area contributed by atoms with Crippen LogP contribution in [0.1, 0.15) is 26.2 Å². The number of rotatable bonds is 5. The molecule has 0 amide bonds. The standard InChI is InChI=1S/C6H7BO3.C5H11Cl/c8-7(9)10-6-4-2-1-3-5-6;1-2-3-4-5-6/h1-5,8-9H;2-5H2,1H3. The molecule has 0 radical (unpaired) electrons. The van der Waals surface area contributed by atoms with Crippen LogP contribution in [0.3, 0.4) is 0 Å². The largest absolute Gasteiger partial charge is 0.707 e. The molecule has 1 aromatic rings. The van der Waals surface area contributed by atoms with Gasteiger partial charge in [0, 0.05) is 5.88 Å². The molecule has 0 saturated carbocycles. The number of unbranched alkanes of at least 4 members (excludes halogenated alkanes) is 2. The van der Waals surface area contributed by atoms with Crippen LogP contribution in [0, 0.1) is 0 Å². The van der Waals surface area contributed by atoms with Gasteiger partial charge in [-0.3, -0.25) is 0 Å². The van der Waals surface area contributed by atoms with Gasteiger partial charge in [0.25, 0.3) is 0 Å². The summed E-state index contributed by atoms with van der Waals surface area (Å²) in [5, 5.41) is 16.7. The van der Waals surface area contributed by atoms with Crippen molar-refractivity contribution in [1.82, 2.24) is 0 Å². The van der Waals surface area contributed by atoms with Crippen LogP contribution in [0.5, 0.6) is 5.75 Å². The molecule has 0 saturated heterocycles. The smallest absolute Gasteiger partial charge is 0.512 e. The fourth-order valence-corrected chi connectivity index (χ4v) is 1.15. The summed E-state index contributed by atoms with van der Waals surface area (Å²) in [6, 6.07) is 8.59. The number of alkyl halides is 1. The monoisotopic (exact) mass is 244 g/mol. The van der Waals surface area contributed by atoms with Gasteiger partial charge in [-0.25, -0.2) is 0 Å². The minimum atomic E-state index is -1.73. The lowest BCUT2D eigenvalue weighted by molar-refractivity contribution is 0.288. The van der Waals surface area contributed by atoms with Crippen molar-refractivity contribution >= 4 is 18.9 Å². The normalized spacial score (nSPS) is 9.00. The van der Waals surface area contributed by atoms with Gasteiger partial charge >= 0.3 is 7.32 Å². The van der Waals surface area contributed by atoms with Gasteiger partial charge in [0.2, 0.25) is 0 Å². The Kier molecular flexibility index (Phi) is 10.3. The third-order valence-corrected chi connectivity index (χ3v) is 1.99. The number of halogens is 1. The summed E-state index contributed by atoms with van der Waals surface area (Å²) in [6.45, 7) is 2.17. The van der Waals surface area contributed by atoms with E-state index in [1.165, 1.54) is 19.3 Å². The van der Waals surface area contributed by atoms with Crippen LogP contribution in [-0.4, -0.2) is 23.2 Å². The lowest BCUT2D eigenvalue weighted by Crippen LogP contribution is -2.20. The van der Waals surface area contributed by atoms with Crippen LogP contribution in [0.4, 0.5) is 0 Å². The van der Waals surface area contributed by atoms with Crippen molar-refractivity contribution in [3.8, 4) is 5.75 Å². The van der Waals surface area contributed by atoms with Crippen molar-refractivity contribution < 1.29 is 14.7 Å². The van der Waals surface area contributed by atoms with Gasteiger partial charge < -0.3 is 14.7 Å². The molecule has 90 valence electrons. The molecule has 0 aliphatic heterocycles. The topological polar surface area (TPSA) is 49.7 Å². The minimum absolute atomic E-state index is 0.442. The van der Waals surface area contributed by atoms with E-state index in [0.717, 1.165) is 5.88 Å². The molecule has 0 atom stereocenters. The maximum atomic E-state index is 8.34. The highest BCUT2D eigenvalue weighted by Crippen LogP contribution is 2.07. The number of para-hydroxylation sites is 1.